The van der Waals surface area contributed by atoms with Crippen LogP contribution in [0.4, 0.5) is 0 Å². The topological polar surface area (TPSA) is 42.0 Å². The van der Waals surface area contributed by atoms with E-state index in [1.165, 1.54) is 11.3 Å². The van der Waals surface area contributed by atoms with Gasteiger partial charge >= 0.3 is 0 Å². The minimum atomic E-state index is -0.0499. The standard InChI is InChI=1S/C18H15ClN2OS/c19-14-6-4-13(5-7-14)16-8-9-17(23-16)18(22)21-12-10-15-3-1-2-11-20-15/h1-9,11H,10,12H2,(H,21,22). The lowest BCUT2D eigenvalue weighted by atomic mass is 10.2. The van der Waals surface area contributed by atoms with Crippen molar-refractivity contribution in [1.29, 1.82) is 0 Å². The first-order valence-electron chi connectivity index (χ1n) is 7.26. The van der Waals surface area contributed by atoms with Gasteiger partial charge in [-0.15, -0.1) is 11.3 Å². The van der Waals surface area contributed by atoms with Crippen LogP contribution in [0.2, 0.25) is 5.02 Å². The highest BCUT2D eigenvalue weighted by Crippen LogP contribution is 2.28. The summed E-state index contributed by atoms with van der Waals surface area (Å²) in [5.41, 5.74) is 2.03. The molecule has 0 aliphatic heterocycles. The second kappa shape index (κ2) is 7.40. The summed E-state index contributed by atoms with van der Waals surface area (Å²) in [5.74, 6) is -0.0499. The van der Waals surface area contributed by atoms with Crippen LogP contribution in [0.1, 0.15) is 15.4 Å². The Bertz CT molecular complexity index is 784. The molecule has 1 N–H and O–H groups in total. The number of benzene rings is 1. The van der Waals surface area contributed by atoms with Gasteiger partial charge < -0.3 is 5.32 Å². The summed E-state index contributed by atoms with van der Waals surface area (Å²) < 4.78 is 0. The molecule has 3 aromatic rings. The monoisotopic (exact) mass is 342 g/mol. The zero-order valence-electron chi connectivity index (χ0n) is 12.3. The first-order valence-corrected chi connectivity index (χ1v) is 8.46. The Morgan fingerprint density at radius 2 is 1.91 bits per heavy atom. The van der Waals surface area contributed by atoms with Crippen molar-refractivity contribution < 1.29 is 4.79 Å². The molecule has 3 rings (SSSR count). The van der Waals surface area contributed by atoms with Crippen molar-refractivity contribution >= 4 is 28.8 Å². The average Bonchev–Trinajstić information content (AvgIpc) is 3.06. The molecule has 0 aliphatic rings. The number of thiophene rings is 1. The molecule has 0 unspecified atom stereocenters. The number of nitrogens with one attached hydrogen (secondary N) is 1. The fraction of sp³-hybridized carbons (Fsp3) is 0.111. The fourth-order valence-electron chi connectivity index (χ4n) is 2.17. The summed E-state index contributed by atoms with van der Waals surface area (Å²) in [7, 11) is 0. The molecular weight excluding hydrogens is 328 g/mol. The molecule has 2 aromatic heterocycles. The van der Waals surface area contributed by atoms with Crippen LogP contribution in [0.25, 0.3) is 10.4 Å². The number of rotatable bonds is 5. The summed E-state index contributed by atoms with van der Waals surface area (Å²) in [6.45, 7) is 0.573. The maximum atomic E-state index is 12.2. The van der Waals surface area contributed by atoms with Crippen molar-refractivity contribution in [2.45, 2.75) is 6.42 Å². The molecule has 0 saturated carbocycles. The number of pyridine rings is 1. The number of amides is 1. The zero-order valence-corrected chi connectivity index (χ0v) is 13.9. The maximum Gasteiger partial charge on any atom is 0.261 e. The van der Waals surface area contributed by atoms with E-state index in [9.17, 15) is 4.79 Å². The molecule has 1 amide bonds. The Morgan fingerprint density at radius 1 is 1.09 bits per heavy atom. The van der Waals surface area contributed by atoms with Crippen molar-refractivity contribution in [3.05, 3.63) is 76.4 Å². The molecule has 116 valence electrons. The molecule has 0 spiro atoms. The quantitative estimate of drug-likeness (QED) is 0.745. The zero-order chi connectivity index (χ0) is 16.1. The molecule has 0 fully saturated rings. The smallest absolute Gasteiger partial charge is 0.261 e. The van der Waals surface area contributed by atoms with Gasteiger partial charge in [0.1, 0.15) is 0 Å². The van der Waals surface area contributed by atoms with Crippen molar-refractivity contribution in [1.82, 2.24) is 10.3 Å². The number of hydrogen-bond acceptors (Lipinski definition) is 3. The number of aromatic nitrogens is 1. The van der Waals surface area contributed by atoms with Gasteiger partial charge in [-0.3, -0.25) is 9.78 Å². The summed E-state index contributed by atoms with van der Waals surface area (Å²) >= 11 is 7.37. The van der Waals surface area contributed by atoms with Gasteiger partial charge in [0, 0.05) is 34.8 Å². The van der Waals surface area contributed by atoms with E-state index in [-0.39, 0.29) is 5.91 Å². The predicted molar refractivity (Wildman–Crippen MR) is 95.0 cm³/mol. The minimum Gasteiger partial charge on any atom is -0.351 e. The molecule has 0 saturated heterocycles. The maximum absolute atomic E-state index is 12.2. The van der Waals surface area contributed by atoms with E-state index in [0.29, 0.717) is 16.4 Å². The van der Waals surface area contributed by atoms with Crippen molar-refractivity contribution in [3.63, 3.8) is 0 Å². The second-order valence-corrected chi connectivity index (χ2v) is 6.52. The molecule has 0 bridgehead atoms. The van der Waals surface area contributed by atoms with E-state index in [1.807, 2.05) is 54.6 Å². The van der Waals surface area contributed by atoms with E-state index >= 15 is 0 Å². The van der Waals surface area contributed by atoms with Gasteiger partial charge in [0.2, 0.25) is 0 Å². The van der Waals surface area contributed by atoms with Crippen LogP contribution in [0, 0.1) is 0 Å². The minimum absolute atomic E-state index is 0.0499. The number of nitrogens with zero attached hydrogens (tertiary/aromatic N) is 1. The Kier molecular flexibility index (Phi) is 5.05. The SMILES string of the molecule is O=C(NCCc1ccccn1)c1ccc(-c2ccc(Cl)cc2)s1. The average molecular weight is 343 g/mol. The van der Waals surface area contributed by atoms with Gasteiger partial charge in [-0.25, -0.2) is 0 Å². The normalized spacial score (nSPS) is 10.5. The fourth-order valence-corrected chi connectivity index (χ4v) is 3.22. The van der Waals surface area contributed by atoms with Gasteiger partial charge in [-0.1, -0.05) is 29.8 Å². The van der Waals surface area contributed by atoms with Crippen molar-refractivity contribution in [3.8, 4) is 10.4 Å². The van der Waals surface area contributed by atoms with Gasteiger partial charge in [0.05, 0.1) is 4.88 Å². The molecule has 2 heterocycles. The molecule has 0 radical (unpaired) electrons. The summed E-state index contributed by atoms with van der Waals surface area (Å²) in [4.78, 5) is 18.2. The summed E-state index contributed by atoms with van der Waals surface area (Å²) in [6.07, 6.45) is 2.48. The van der Waals surface area contributed by atoms with E-state index < -0.39 is 0 Å². The third-order valence-electron chi connectivity index (χ3n) is 3.35. The Balaban J connectivity index is 1.59. The number of carbonyl (C=O) groups excluding carboxylic acids is 1. The highest BCUT2D eigenvalue weighted by Gasteiger charge is 2.10. The number of hydrogen-bond donors (Lipinski definition) is 1. The number of carbonyl (C=O) groups is 1. The van der Waals surface area contributed by atoms with Crippen LogP contribution < -0.4 is 5.32 Å². The van der Waals surface area contributed by atoms with Crippen molar-refractivity contribution in [2.24, 2.45) is 0 Å². The molecule has 5 heteroatoms. The van der Waals surface area contributed by atoms with Crippen LogP contribution in [-0.4, -0.2) is 17.4 Å². The first-order chi connectivity index (χ1) is 11.2. The van der Waals surface area contributed by atoms with Gasteiger partial charge in [0.25, 0.3) is 5.91 Å². The lowest BCUT2D eigenvalue weighted by Crippen LogP contribution is -2.25. The van der Waals surface area contributed by atoms with Gasteiger partial charge in [-0.05, 0) is 42.0 Å². The van der Waals surface area contributed by atoms with E-state index in [0.717, 1.165) is 22.6 Å². The summed E-state index contributed by atoms with van der Waals surface area (Å²) in [5, 5.41) is 3.64. The van der Waals surface area contributed by atoms with Crippen molar-refractivity contribution in [2.75, 3.05) is 6.54 Å². The molecule has 0 atom stereocenters. The van der Waals surface area contributed by atoms with Gasteiger partial charge in [-0.2, -0.15) is 0 Å². The number of halogens is 1. The summed E-state index contributed by atoms with van der Waals surface area (Å²) in [6, 6.07) is 17.2. The molecule has 23 heavy (non-hydrogen) atoms. The highest BCUT2D eigenvalue weighted by molar-refractivity contribution is 7.17. The largest absolute Gasteiger partial charge is 0.351 e. The molecule has 1 aromatic carbocycles. The van der Waals surface area contributed by atoms with E-state index in [4.69, 9.17) is 11.6 Å². The molecule has 3 nitrogen and oxygen atoms in total. The van der Waals surface area contributed by atoms with Crippen LogP contribution in [0.5, 0.6) is 0 Å². The Hall–Kier alpha value is -2.17. The highest BCUT2D eigenvalue weighted by atomic mass is 35.5. The second-order valence-electron chi connectivity index (χ2n) is 5.00. The van der Waals surface area contributed by atoms with Crippen LogP contribution in [-0.2, 0) is 6.42 Å². The van der Waals surface area contributed by atoms with Crippen LogP contribution in [0.3, 0.4) is 0 Å². The third kappa shape index (κ3) is 4.18. The van der Waals surface area contributed by atoms with E-state index in [2.05, 4.69) is 10.3 Å². The Labute approximate surface area is 144 Å². The predicted octanol–water partition coefficient (Wildman–Crippen LogP) is 4.44. The van der Waals surface area contributed by atoms with Crippen LogP contribution >= 0.6 is 22.9 Å². The first kappa shape index (κ1) is 15.7. The third-order valence-corrected chi connectivity index (χ3v) is 4.74. The lowest BCUT2D eigenvalue weighted by Gasteiger charge is -2.03. The Morgan fingerprint density at radius 3 is 2.65 bits per heavy atom. The van der Waals surface area contributed by atoms with E-state index in [1.54, 1.807) is 6.20 Å². The lowest BCUT2D eigenvalue weighted by molar-refractivity contribution is 0.0958. The van der Waals surface area contributed by atoms with Gasteiger partial charge in [0.15, 0.2) is 0 Å². The molecule has 0 aliphatic carbocycles. The molecular formula is C18H15ClN2OS. The van der Waals surface area contributed by atoms with Crippen LogP contribution in [0.15, 0.2) is 60.8 Å².